The number of halogens is 2. The molecule has 166 valence electrons. The van der Waals surface area contributed by atoms with Gasteiger partial charge in [-0.2, -0.15) is 0 Å². The molecule has 3 aliphatic rings. The number of nitrogens with zero attached hydrogens (tertiary/aromatic N) is 1. The van der Waals surface area contributed by atoms with Crippen LogP contribution >= 0.6 is 23.2 Å². The van der Waals surface area contributed by atoms with Crippen LogP contribution in [0, 0.1) is 5.41 Å². The average molecular weight is 470 g/mol. The normalized spacial score (nSPS) is 21.5. The highest BCUT2D eigenvalue weighted by Gasteiger charge is 2.45. The number of aliphatic imine (C=N–C) groups is 1. The van der Waals surface area contributed by atoms with E-state index in [0.717, 1.165) is 53.5 Å². The van der Waals surface area contributed by atoms with E-state index in [-0.39, 0.29) is 11.2 Å². The molecule has 1 atom stereocenters. The lowest BCUT2D eigenvalue weighted by molar-refractivity contribution is -0.115. The first-order valence-electron chi connectivity index (χ1n) is 11.2. The Balaban J connectivity index is 1.40. The number of hydrogen-bond acceptors (Lipinski definition) is 4. The fraction of sp³-hybridized carbons (Fsp3) is 0.385. The minimum atomic E-state index is -0.0164. The molecule has 0 unspecified atom stereocenters. The van der Waals surface area contributed by atoms with E-state index in [0.29, 0.717) is 47.9 Å². The van der Waals surface area contributed by atoms with Gasteiger partial charge in [0, 0.05) is 23.0 Å². The Morgan fingerprint density at radius 3 is 2.72 bits per heavy atom. The minimum Gasteiger partial charge on any atom is -0.487 e. The summed E-state index contributed by atoms with van der Waals surface area (Å²) in [7, 11) is 0. The zero-order chi connectivity index (χ0) is 22.3. The Bertz CT molecular complexity index is 1140. The summed E-state index contributed by atoms with van der Waals surface area (Å²) >= 11 is 13.4. The molecule has 4 nitrogen and oxygen atoms in total. The molecule has 6 heteroatoms. The van der Waals surface area contributed by atoms with E-state index in [9.17, 15) is 4.79 Å². The van der Waals surface area contributed by atoms with Crippen LogP contribution in [-0.2, 0) is 22.6 Å². The van der Waals surface area contributed by atoms with Gasteiger partial charge >= 0.3 is 0 Å². The lowest BCUT2D eigenvalue weighted by Crippen LogP contribution is -2.25. The lowest BCUT2D eigenvalue weighted by atomic mass is 9.70. The van der Waals surface area contributed by atoms with Crippen molar-refractivity contribution in [2.24, 2.45) is 10.4 Å². The molecular weight excluding hydrogens is 445 g/mol. The van der Waals surface area contributed by atoms with E-state index in [1.807, 2.05) is 30.3 Å². The van der Waals surface area contributed by atoms with Gasteiger partial charge in [0.05, 0.1) is 11.6 Å². The van der Waals surface area contributed by atoms with E-state index in [1.54, 1.807) is 6.08 Å². The Morgan fingerprint density at radius 1 is 1.19 bits per heavy atom. The predicted octanol–water partition coefficient (Wildman–Crippen LogP) is 6.44. The van der Waals surface area contributed by atoms with Crippen LogP contribution < -0.4 is 4.74 Å². The standard InChI is InChI=1S/C26H25Cl2NO3/c1-2-8-26-9-7-19(30)13-20(26)22-18(14-26)12-21(23(27)24(22)28)32-15-16-3-5-17(6-4-16)25-29-10-11-31-25/h3-6,12-13H,2,7-11,14-15H2,1H3/t26-/m1/s1. The molecule has 5 rings (SSSR count). The number of allylic oxidation sites excluding steroid dienone is 2. The molecule has 1 aliphatic heterocycles. The van der Waals surface area contributed by atoms with Gasteiger partial charge in [-0.25, -0.2) is 4.99 Å². The summed E-state index contributed by atoms with van der Waals surface area (Å²) in [5.41, 5.74) is 5.10. The SMILES string of the molecule is CCC[C@]12CCC(=O)C=C1c1c(cc(OCc3ccc(C4=NCCO4)cc3)c(Cl)c1Cl)C2. The third-order valence-corrected chi connectivity index (χ3v) is 7.54. The summed E-state index contributed by atoms with van der Waals surface area (Å²) in [4.78, 5) is 16.5. The Kier molecular flexibility index (Phi) is 5.77. The molecule has 0 aromatic heterocycles. The number of rotatable bonds is 6. The van der Waals surface area contributed by atoms with Crippen molar-refractivity contribution in [2.75, 3.05) is 13.2 Å². The first-order chi connectivity index (χ1) is 15.5. The van der Waals surface area contributed by atoms with Gasteiger partial charge < -0.3 is 9.47 Å². The number of benzene rings is 2. The molecule has 32 heavy (non-hydrogen) atoms. The monoisotopic (exact) mass is 469 g/mol. The Labute approximate surface area is 198 Å². The molecule has 0 fully saturated rings. The number of carbonyl (C=O) groups excluding carboxylic acids is 1. The van der Waals surface area contributed by atoms with E-state index in [4.69, 9.17) is 32.7 Å². The van der Waals surface area contributed by atoms with Crippen LogP contribution in [0.5, 0.6) is 5.75 Å². The molecule has 0 bridgehead atoms. The molecule has 0 radical (unpaired) electrons. The maximum atomic E-state index is 12.2. The molecule has 0 saturated heterocycles. The van der Waals surface area contributed by atoms with Crippen molar-refractivity contribution >= 4 is 40.5 Å². The third kappa shape index (κ3) is 3.74. The molecule has 0 spiro atoms. The molecule has 0 amide bonds. The molecule has 2 aromatic carbocycles. The van der Waals surface area contributed by atoms with Crippen LogP contribution in [0.2, 0.25) is 10.0 Å². The first-order valence-corrected chi connectivity index (χ1v) is 11.9. The molecule has 1 heterocycles. The second-order valence-corrected chi connectivity index (χ2v) is 9.55. The van der Waals surface area contributed by atoms with Crippen molar-refractivity contribution in [2.45, 2.75) is 45.6 Å². The van der Waals surface area contributed by atoms with E-state index >= 15 is 0 Å². The molecular formula is C26H25Cl2NO3. The van der Waals surface area contributed by atoms with Gasteiger partial charge in [-0.15, -0.1) is 0 Å². The van der Waals surface area contributed by atoms with Crippen LogP contribution in [0.1, 0.15) is 54.9 Å². The number of hydrogen-bond donors (Lipinski definition) is 0. The van der Waals surface area contributed by atoms with Crippen LogP contribution in [0.15, 0.2) is 41.4 Å². The minimum absolute atomic E-state index is 0.0164. The highest BCUT2D eigenvalue weighted by atomic mass is 35.5. The van der Waals surface area contributed by atoms with Crippen molar-refractivity contribution in [3.63, 3.8) is 0 Å². The molecule has 2 aliphatic carbocycles. The number of fused-ring (bicyclic) bond motifs is 3. The zero-order valence-corrected chi connectivity index (χ0v) is 19.6. The third-order valence-electron chi connectivity index (χ3n) is 6.69. The van der Waals surface area contributed by atoms with Crippen molar-refractivity contribution in [1.82, 2.24) is 0 Å². The largest absolute Gasteiger partial charge is 0.487 e. The highest BCUT2D eigenvalue weighted by molar-refractivity contribution is 6.44. The van der Waals surface area contributed by atoms with Crippen molar-refractivity contribution in [3.8, 4) is 5.75 Å². The topological polar surface area (TPSA) is 47.9 Å². The number of ether oxygens (including phenoxy) is 2. The lowest BCUT2D eigenvalue weighted by Gasteiger charge is -2.33. The van der Waals surface area contributed by atoms with Crippen LogP contribution in [0.25, 0.3) is 5.57 Å². The van der Waals surface area contributed by atoms with Crippen molar-refractivity contribution in [1.29, 1.82) is 0 Å². The van der Waals surface area contributed by atoms with Gasteiger partial charge in [0.25, 0.3) is 0 Å². The van der Waals surface area contributed by atoms with E-state index < -0.39 is 0 Å². The van der Waals surface area contributed by atoms with Crippen molar-refractivity contribution < 1.29 is 14.3 Å². The zero-order valence-electron chi connectivity index (χ0n) is 18.0. The second kappa shape index (κ2) is 8.57. The van der Waals surface area contributed by atoms with Crippen LogP contribution in [0.3, 0.4) is 0 Å². The summed E-state index contributed by atoms with van der Waals surface area (Å²) < 4.78 is 11.6. The smallest absolute Gasteiger partial charge is 0.216 e. The van der Waals surface area contributed by atoms with Gasteiger partial charge in [0.15, 0.2) is 5.78 Å². The number of ketones is 1. The Hall–Kier alpha value is -2.30. The average Bonchev–Trinajstić information content (AvgIpc) is 3.43. The fourth-order valence-electron chi connectivity index (χ4n) is 5.20. The maximum absolute atomic E-state index is 12.2. The number of carbonyl (C=O) groups is 1. The van der Waals surface area contributed by atoms with E-state index in [2.05, 4.69) is 11.9 Å². The quantitative estimate of drug-likeness (QED) is 0.488. The van der Waals surface area contributed by atoms with Crippen LogP contribution in [0.4, 0.5) is 0 Å². The maximum Gasteiger partial charge on any atom is 0.216 e. The molecule has 2 aromatic rings. The van der Waals surface area contributed by atoms with Crippen molar-refractivity contribution in [3.05, 3.63) is 68.7 Å². The van der Waals surface area contributed by atoms with Gasteiger partial charge in [0.1, 0.15) is 24.0 Å². The van der Waals surface area contributed by atoms with Crippen LogP contribution in [-0.4, -0.2) is 24.8 Å². The van der Waals surface area contributed by atoms with Gasteiger partial charge in [0.2, 0.25) is 5.90 Å². The predicted molar refractivity (Wildman–Crippen MR) is 128 cm³/mol. The summed E-state index contributed by atoms with van der Waals surface area (Å²) in [5.74, 6) is 1.45. The van der Waals surface area contributed by atoms with Gasteiger partial charge in [-0.3, -0.25) is 4.79 Å². The fourth-order valence-corrected chi connectivity index (χ4v) is 5.72. The molecule has 0 saturated carbocycles. The van der Waals surface area contributed by atoms with Gasteiger partial charge in [-0.05, 0) is 60.2 Å². The van der Waals surface area contributed by atoms with E-state index in [1.165, 1.54) is 0 Å². The summed E-state index contributed by atoms with van der Waals surface area (Å²) in [5, 5.41) is 0.895. The highest BCUT2D eigenvalue weighted by Crippen LogP contribution is 2.58. The second-order valence-electron chi connectivity index (χ2n) is 8.79. The summed E-state index contributed by atoms with van der Waals surface area (Å²) in [6.07, 6.45) is 6.23. The Morgan fingerprint density at radius 2 is 2.00 bits per heavy atom. The summed E-state index contributed by atoms with van der Waals surface area (Å²) in [6.45, 7) is 3.92. The summed E-state index contributed by atoms with van der Waals surface area (Å²) in [6, 6.07) is 10.00. The molecule has 0 N–H and O–H groups in total. The van der Waals surface area contributed by atoms with Gasteiger partial charge in [-0.1, -0.05) is 48.7 Å². The first kappa shape index (κ1) is 21.5.